The fourth-order valence-corrected chi connectivity index (χ4v) is 3.83. The first-order chi connectivity index (χ1) is 13.5. The summed E-state index contributed by atoms with van der Waals surface area (Å²) >= 11 is 0. The number of carbonyl (C=O) groups excluding carboxylic acids is 3. The van der Waals surface area contributed by atoms with Crippen LogP contribution < -0.4 is 0 Å². The molecule has 1 aliphatic carbocycles. The predicted octanol–water partition coefficient (Wildman–Crippen LogP) is 2.14. The molecule has 0 bridgehead atoms. The summed E-state index contributed by atoms with van der Waals surface area (Å²) in [7, 11) is 0. The number of hydrogen-bond donors (Lipinski definition) is 1. The van der Waals surface area contributed by atoms with Gasteiger partial charge in [-0.15, -0.1) is 0 Å². The van der Waals surface area contributed by atoms with E-state index in [1.54, 1.807) is 21.9 Å². The van der Waals surface area contributed by atoms with Gasteiger partial charge in [-0.25, -0.2) is 0 Å². The molecule has 1 N–H and O–H groups in total. The van der Waals surface area contributed by atoms with Gasteiger partial charge in [-0.3, -0.25) is 19.2 Å². The molecule has 2 amide bonds. The summed E-state index contributed by atoms with van der Waals surface area (Å²) < 4.78 is 0. The summed E-state index contributed by atoms with van der Waals surface area (Å²) in [6, 6.07) is 5.33. The standard InChI is InChI=1S/C21H26N2O5/c24-18-5-3-4-15-14-16(8-9-17(15)18)21(28)23-12-10-22(11-13-23)19(25)6-1-2-7-20(26)27/h8-9,14H,1-7,10-13H2,(H,26,27). The van der Waals surface area contributed by atoms with Crippen LogP contribution in [0.5, 0.6) is 0 Å². The number of carboxylic acids is 1. The summed E-state index contributed by atoms with van der Waals surface area (Å²) in [5, 5.41) is 8.63. The number of benzene rings is 1. The van der Waals surface area contributed by atoms with Crippen molar-refractivity contribution in [2.75, 3.05) is 26.2 Å². The van der Waals surface area contributed by atoms with Crippen LogP contribution in [0.25, 0.3) is 0 Å². The predicted molar refractivity (Wildman–Crippen MR) is 102 cm³/mol. The van der Waals surface area contributed by atoms with Gasteiger partial charge in [0.15, 0.2) is 5.78 Å². The number of unbranched alkanes of at least 4 members (excludes halogenated alkanes) is 1. The molecular weight excluding hydrogens is 360 g/mol. The molecule has 0 saturated carbocycles. The number of piperazine rings is 1. The largest absolute Gasteiger partial charge is 0.481 e. The zero-order valence-electron chi connectivity index (χ0n) is 16.0. The molecule has 1 aromatic carbocycles. The SMILES string of the molecule is O=C(O)CCCCC(=O)N1CCN(C(=O)c2ccc3c(c2)CCCC3=O)CC1. The van der Waals surface area contributed by atoms with Crippen molar-refractivity contribution in [3.63, 3.8) is 0 Å². The van der Waals surface area contributed by atoms with Crippen molar-refractivity contribution in [1.29, 1.82) is 0 Å². The number of amides is 2. The Morgan fingerprint density at radius 2 is 1.61 bits per heavy atom. The number of Topliss-reactive ketones (excluding diaryl/α,β-unsaturated/α-hetero) is 1. The Hall–Kier alpha value is -2.70. The summed E-state index contributed by atoms with van der Waals surface area (Å²) in [6.07, 6.45) is 3.73. The van der Waals surface area contributed by atoms with Crippen LogP contribution in [0.3, 0.4) is 0 Å². The molecule has 150 valence electrons. The number of hydrogen-bond acceptors (Lipinski definition) is 4. The Bertz CT molecular complexity index is 781. The van der Waals surface area contributed by atoms with Crippen molar-refractivity contribution in [2.45, 2.75) is 44.9 Å². The minimum absolute atomic E-state index is 0.0183. The van der Waals surface area contributed by atoms with E-state index in [4.69, 9.17) is 5.11 Å². The number of ketones is 1. The van der Waals surface area contributed by atoms with Crippen LogP contribution in [-0.2, 0) is 16.0 Å². The minimum atomic E-state index is -0.842. The van der Waals surface area contributed by atoms with Crippen molar-refractivity contribution >= 4 is 23.6 Å². The summed E-state index contributed by atoms with van der Waals surface area (Å²) in [5.74, 6) is -0.735. The lowest BCUT2D eigenvalue weighted by Gasteiger charge is -2.35. The highest BCUT2D eigenvalue weighted by molar-refractivity contribution is 6.01. The Labute approximate surface area is 164 Å². The van der Waals surface area contributed by atoms with Gasteiger partial charge in [0.05, 0.1) is 0 Å². The molecule has 0 spiro atoms. The number of aryl methyl sites for hydroxylation is 1. The number of aliphatic carboxylic acids is 1. The molecule has 1 fully saturated rings. The lowest BCUT2D eigenvalue weighted by Crippen LogP contribution is -2.50. The molecule has 2 aliphatic rings. The second-order valence-electron chi connectivity index (χ2n) is 7.42. The van der Waals surface area contributed by atoms with Gasteiger partial charge < -0.3 is 14.9 Å². The van der Waals surface area contributed by atoms with E-state index in [1.165, 1.54) is 0 Å². The molecule has 7 heteroatoms. The fourth-order valence-electron chi connectivity index (χ4n) is 3.83. The van der Waals surface area contributed by atoms with E-state index in [-0.39, 0.29) is 24.0 Å². The van der Waals surface area contributed by atoms with E-state index < -0.39 is 5.97 Å². The average molecular weight is 386 g/mol. The van der Waals surface area contributed by atoms with Crippen LogP contribution in [0.4, 0.5) is 0 Å². The van der Waals surface area contributed by atoms with Gasteiger partial charge in [0, 0.05) is 56.6 Å². The first-order valence-electron chi connectivity index (χ1n) is 9.90. The normalized spacial score (nSPS) is 16.6. The van der Waals surface area contributed by atoms with Crippen molar-refractivity contribution < 1.29 is 24.3 Å². The third-order valence-electron chi connectivity index (χ3n) is 5.45. The second-order valence-corrected chi connectivity index (χ2v) is 7.42. The Kier molecular flexibility index (Phi) is 6.44. The lowest BCUT2D eigenvalue weighted by atomic mass is 9.89. The molecule has 1 aliphatic heterocycles. The van der Waals surface area contributed by atoms with Gasteiger partial charge in [-0.2, -0.15) is 0 Å². The van der Waals surface area contributed by atoms with Gasteiger partial charge >= 0.3 is 5.97 Å². The molecule has 0 unspecified atom stereocenters. The second kappa shape index (κ2) is 8.99. The highest BCUT2D eigenvalue weighted by Crippen LogP contribution is 2.23. The molecule has 0 atom stereocenters. The summed E-state index contributed by atoms with van der Waals surface area (Å²) in [6.45, 7) is 1.95. The molecule has 1 heterocycles. The van der Waals surface area contributed by atoms with Crippen molar-refractivity contribution in [2.24, 2.45) is 0 Å². The molecule has 3 rings (SSSR count). The van der Waals surface area contributed by atoms with Crippen LogP contribution in [0.2, 0.25) is 0 Å². The van der Waals surface area contributed by atoms with Gasteiger partial charge in [0.2, 0.25) is 5.91 Å². The zero-order valence-corrected chi connectivity index (χ0v) is 16.0. The molecule has 7 nitrogen and oxygen atoms in total. The molecule has 0 radical (unpaired) electrons. The lowest BCUT2D eigenvalue weighted by molar-refractivity contribution is -0.137. The van der Waals surface area contributed by atoms with E-state index in [0.29, 0.717) is 57.4 Å². The maximum atomic E-state index is 12.8. The fraction of sp³-hybridized carbons (Fsp3) is 0.524. The van der Waals surface area contributed by atoms with E-state index in [2.05, 4.69) is 0 Å². The maximum absolute atomic E-state index is 12.8. The number of carboxylic acid groups (broad SMARTS) is 1. The van der Waals surface area contributed by atoms with Crippen LogP contribution in [0.15, 0.2) is 18.2 Å². The first kappa shape index (κ1) is 20.0. The molecule has 0 aromatic heterocycles. The number of fused-ring (bicyclic) bond motifs is 1. The smallest absolute Gasteiger partial charge is 0.303 e. The van der Waals surface area contributed by atoms with Gasteiger partial charge in [0.1, 0.15) is 0 Å². The number of nitrogens with zero attached hydrogens (tertiary/aromatic N) is 2. The van der Waals surface area contributed by atoms with Gasteiger partial charge in [-0.1, -0.05) is 6.07 Å². The van der Waals surface area contributed by atoms with Crippen LogP contribution in [-0.4, -0.2) is 64.7 Å². The third-order valence-corrected chi connectivity index (χ3v) is 5.45. The van der Waals surface area contributed by atoms with Crippen molar-refractivity contribution in [3.05, 3.63) is 34.9 Å². The van der Waals surface area contributed by atoms with E-state index in [1.807, 2.05) is 6.07 Å². The van der Waals surface area contributed by atoms with Crippen LogP contribution in [0.1, 0.15) is 64.8 Å². The highest BCUT2D eigenvalue weighted by Gasteiger charge is 2.26. The average Bonchev–Trinajstić information content (AvgIpc) is 2.70. The summed E-state index contributed by atoms with van der Waals surface area (Å²) in [4.78, 5) is 51.0. The monoisotopic (exact) mass is 386 g/mol. The van der Waals surface area contributed by atoms with Crippen molar-refractivity contribution in [1.82, 2.24) is 9.80 Å². The molecule has 28 heavy (non-hydrogen) atoms. The van der Waals surface area contributed by atoms with Crippen LogP contribution >= 0.6 is 0 Å². The first-order valence-corrected chi connectivity index (χ1v) is 9.90. The third kappa shape index (κ3) is 4.77. The van der Waals surface area contributed by atoms with E-state index >= 15 is 0 Å². The number of carbonyl (C=O) groups is 4. The summed E-state index contributed by atoms with van der Waals surface area (Å²) in [5.41, 5.74) is 2.29. The topological polar surface area (TPSA) is 95.0 Å². The number of rotatable bonds is 6. The van der Waals surface area contributed by atoms with Gasteiger partial charge in [0.25, 0.3) is 5.91 Å². The van der Waals surface area contributed by atoms with Crippen molar-refractivity contribution in [3.8, 4) is 0 Å². The van der Waals surface area contributed by atoms with E-state index in [0.717, 1.165) is 24.0 Å². The van der Waals surface area contributed by atoms with Crippen LogP contribution in [0, 0.1) is 0 Å². The molecular formula is C21H26N2O5. The van der Waals surface area contributed by atoms with E-state index in [9.17, 15) is 19.2 Å². The highest BCUT2D eigenvalue weighted by atomic mass is 16.4. The molecule has 1 aromatic rings. The minimum Gasteiger partial charge on any atom is -0.481 e. The quantitative estimate of drug-likeness (QED) is 0.756. The maximum Gasteiger partial charge on any atom is 0.303 e. The Morgan fingerprint density at radius 3 is 2.32 bits per heavy atom. The Balaban J connectivity index is 1.50. The van der Waals surface area contributed by atoms with Gasteiger partial charge in [-0.05, 0) is 43.4 Å². The Morgan fingerprint density at radius 1 is 0.929 bits per heavy atom. The molecule has 1 saturated heterocycles. The zero-order chi connectivity index (χ0) is 20.1.